The summed E-state index contributed by atoms with van der Waals surface area (Å²) in [6, 6.07) is 11.8. The zero-order valence-corrected chi connectivity index (χ0v) is 20.4. The Kier molecular flexibility index (Phi) is 7.50. The van der Waals surface area contributed by atoms with Crippen molar-refractivity contribution < 1.29 is 24.2 Å². The highest BCUT2D eigenvalue weighted by molar-refractivity contribution is 6.46. The predicted molar refractivity (Wildman–Crippen MR) is 129 cm³/mol. The van der Waals surface area contributed by atoms with Crippen molar-refractivity contribution in [2.75, 3.05) is 27.4 Å². The van der Waals surface area contributed by atoms with E-state index in [4.69, 9.17) is 21.1 Å². The summed E-state index contributed by atoms with van der Waals surface area (Å²) >= 11 is 6.24. The van der Waals surface area contributed by atoms with Crippen LogP contribution in [0.3, 0.4) is 0 Å². The van der Waals surface area contributed by atoms with E-state index in [2.05, 4.69) is 20.8 Å². The molecule has 0 saturated carbocycles. The molecule has 1 saturated heterocycles. The van der Waals surface area contributed by atoms with Crippen molar-refractivity contribution in [3.8, 4) is 5.75 Å². The van der Waals surface area contributed by atoms with Crippen molar-refractivity contribution >= 4 is 29.1 Å². The van der Waals surface area contributed by atoms with Gasteiger partial charge in [-0.2, -0.15) is 0 Å². The lowest BCUT2D eigenvalue weighted by atomic mass is 9.85. The highest BCUT2D eigenvalue weighted by atomic mass is 35.5. The third-order valence-electron chi connectivity index (χ3n) is 5.81. The lowest BCUT2D eigenvalue weighted by Gasteiger charge is -2.26. The molecule has 1 N–H and O–H groups in total. The maximum Gasteiger partial charge on any atom is 0.295 e. The molecule has 1 amide bonds. The minimum Gasteiger partial charge on any atom is -0.507 e. The van der Waals surface area contributed by atoms with Crippen molar-refractivity contribution in [1.29, 1.82) is 0 Å². The monoisotopic (exact) mass is 471 g/mol. The third kappa shape index (κ3) is 5.07. The van der Waals surface area contributed by atoms with Crippen LogP contribution < -0.4 is 4.74 Å². The van der Waals surface area contributed by atoms with Gasteiger partial charge in [-0.3, -0.25) is 9.59 Å². The number of hydrogen-bond donors (Lipinski definition) is 1. The number of carbonyl (C=O) groups excluding carboxylic acids is 2. The van der Waals surface area contributed by atoms with E-state index in [1.807, 2.05) is 24.3 Å². The summed E-state index contributed by atoms with van der Waals surface area (Å²) in [6.07, 6.45) is 0.564. The summed E-state index contributed by atoms with van der Waals surface area (Å²) in [4.78, 5) is 27.6. The minimum absolute atomic E-state index is 0.0430. The average Bonchev–Trinajstić information content (AvgIpc) is 3.03. The number of rotatable bonds is 7. The molecule has 1 unspecified atom stereocenters. The summed E-state index contributed by atoms with van der Waals surface area (Å²) in [5.74, 6) is -1.18. The molecule has 2 aromatic carbocycles. The number of nitrogens with zero attached hydrogens (tertiary/aromatic N) is 1. The summed E-state index contributed by atoms with van der Waals surface area (Å²) < 4.78 is 10.3. The first-order valence-corrected chi connectivity index (χ1v) is 11.2. The quantitative estimate of drug-likeness (QED) is 0.263. The van der Waals surface area contributed by atoms with E-state index in [1.165, 1.54) is 18.1 Å². The second-order valence-electron chi connectivity index (χ2n) is 9.06. The zero-order valence-electron chi connectivity index (χ0n) is 19.6. The molecule has 33 heavy (non-hydrogen) atoms. The molecule has 0 bridgehead atoms. The van der Waals surface area contributed by atoms with E-state index < -0.39 is 17.7 Å². The fourth-order valence-electron chi connectivity index (χ4n) is 3.97. The Morgan fingerprint density at radius 1 is 1.09 bits per heavy atom. The summed E-state index contributed by atoms with van der Waals surface area (Å²) in [5.41, 5.74) is 2.22. The van der Waals surface area contributed by atoms with Crippen molar-refractivity contribution in [3.63, 3.8) is 0 Å². The van der Waals surface area contributed by atoms with Crippen molar-refractivity contribution in [3.05, 3.63) is 69.8 Å². The van der Waals surface area contributed by atoms with Crippen LogP contribution in [0.4, 0.5) is 0 Å². The largest absolute Gasteiger partial charge is 0.507 e. The molecule has 0 radical (unpaired) electrons. The van der Waals surface area contributed by atoms with Gasteiger partial charge in [0, 0.05) is 25.8 Å². The van der Waals surface area contributed by atoms with Gasteiger partial charge < -0.3 is 19.5 Å². The van der Waals surface area contributed by atoms with Gasteiger partial charge in [-0.15, -0.1) is 0 Å². The van der Waals surface area contributed by atoms with E-state index in [-0.39, 0.29) is 16.7 Å². The highest BCUT2D eigenvalue weighted by Gasteiger charge is 2.45. The lowest BCUT2D eigenvalue weighted by molar-refractivity contribution is -0.140. The smallest absolute Gasteiger partial charge is 0.295 e. The number of aliphatic hydroxyl groups is 1. The molecule has 1 aliphatic rings. The van der Waals surface area contributed by atoms with E-state index in [0.29, 0.717) is 35.9 Å². The number of aliphatic hydroxyl groups excluding tert-OH is 1. The number of benzene rings is 2. The molecule has 3 rings (SSSR count). The molecule has 1 aliphatic heterocycles. The topological polar surface area (TPSA) is 76.1 Å². The van der Waals surface area contributed by atoms with Crippen molar-refractivity contribution in [1.82, 2.24) is 4.90 Å². The third-order valence-corrected chi connectivity index (χ3v) is 6.10. The van der Waals surface area contributed by atoms with E-state index >= 15 is 0 Å². The van der Waals surface area contributed by atoms with Crippen LogP contribution in [0, 0.1) is 0 Å². The van der Waals surface area contributed by atoms with Gasteiger partial charge in [-0.05, 0) is 41.2 Å². The van der Waals surface area contributed by atoms with Crippen LogP contribution in [0.1, 0.15) is 49.9 Å². The van der Waals surface area contributed by atoms with Gasteiger partial charge >= 0.3 is 0 Å². The predicted octanol–water partition coefficient (Wildman–Crippen LogP) is 5.10. The number of Topliss-reactive ketones (excluding diaryl/α,β-unsaturated/α-hetero) is 1. The fraction of sp³-hybridized carbons (Fsp3) is 0.385. The molecule has 1 atom stereocenters. The van der Waals surface area contributed by atoms with Crippen LogP contribution in [0.15, 0.2) is 48.0 Å². The Balaban J connectivity index is 2.13. The number of hydrogen-bond acceptors (Lipinski definition) is 5. The van der Waals surface area contributed by atoms with Gasteiger partial charge in [-0.1, -0.05) is 56.6 Å². The summed E-state index contributed by atoms with van der Waals surface area (Å²) in [6.45, 7) is 7.13. The number of amides is 1. The molecule has 1 fully saturated rings. The zero-order chi connectivity index (χ0) is 24.3. The molecule has 0 aliphatic carbocycles. The standard InChI is InChI=1S/C26H30ClNO5/c1-26(2,3)18-10-7-16(8-11-18)22-21(24(30)25(31)28(22)13-6-14-32-4)23(29)17-9-12-20(33-5)19(27)15-17/h7-12,15,22,29H,6,13-14H2,1-5H3/b23-21-. The van der Waals surface area contributed by atoms with Crippen LogP contribution in [0.5, 0.6) is 5.75 Å². The molecule has 0 aromatic heterocycles. The Morgan fingerprint density at radius 2 is 1.76 bits per heavy atom. The molecular weight excluding hydrogens is 442 g/mol. The van der Waals surface area contributed by atoms with E-state index in [9.17, 15) is 14.7 Å². The van der Waals surface area contributed by atoms with E-state index in [1.54, 1.807) is 19.2 Å². The number of ketones is 1. The van der Waals surface area contributed by atoms with Crippen LogP contribution in [-0.4, -0.2) is 49.1 Å². The number of halogens is 1. The van der Waals surface area contributed by atoms with Crippen LogP contribution in [0.2, 0.25) is 5.02 Å². The number of methoxy groups -OCH3 is 2. The average molecular weight is 472 g/mol. The van der Waals surface area contributed by atoms with Gasteiger partial charge in [-0.25, -0.2) is 0 Å². The minimum atomic E-state index is -0.721. The molecule has 0 spiro atoms. The SMILES string of the molecule is COCCCN1C(=O)C(=O)/C(=C(\O)c2ccc(OC)c(Cl)c2)C1c1ccc(C(C)(C)C)cc1. The lowest BCUT2D eigenvalue weighted by Crippen LogP contribution is -2.31. The highest BCUT2D eigenvalue weighted by Crippen LogP contribution is 2.40. The normalized spacial score (nSPS) is 18.1. The Hall–Kier alpha value is -2.83. The van der Waals surface area contributed by atoms with Gasteiger partial charge in [0.15, 0.2) is 0 Å². The first-order valence-electron chi connectivity index (χ1n) is 10.8. The molecule has 6 nitrogen and oxygen atoms in total. The molecular formula is C26H30ClNO5. The van der Waals surface area contributed by atoms with Gasteiger partial charge in [0.25, 0.3) is 11.7 Å². The first kappa shape index (κ1) is 24.8. The maximum absolute atomic E-state index is 13.1. The Morgan fingerprint density at radius 3 is 2.30 bits per heavy atom. The van der Waals surface area contributed by atoms with Gasteiger partial charge in [0.2, 0.25) is 0 Å². The number of carbonyl (C=O) groups is 2. The second kappa shape index (κ2) is 9.98. The van der Waals surface area contributed by atoms with Crippen molar-refractivity contribution in [2.45, 2.75) is 38.6 Å². The van der Waals surface area contributed by atoms with Crippen LogP contribution in [-0.2, 0) is 19.7 Å². The molecule has 176 valence electrons. The molecule has 2 aromatic rings. The van der Waals surface area contributed by atoms with Crippen LogP contribution >= 0.6 is 11.6 Å². The first-order chi connectivity index (χ1) is 15.6. The van der Waals surface area contributed by atoms with Gasteiger partial charge in [0.05, 0.1) is 23.7 Å². The summed E-state index contributed by atoms with van der Waals surface area (Å²) in [5, 5.41) is 11.5. The second-order valence-corrected chi connectivity index (χ2v) is 9.47. The van der Waals surface area contributed by atoms with Crippen molar-refractivity contribution in [2.24, 2.45) is 0 Å². The number of ether oxygens (including phenoxy) is 2. The van der Waals surface area contributed by atoms with Gasteiger partial charge in [0.1, 0.15) is 11.5 Å². The maximum atomic E-state index is 13.1. The van der Waals surface area contributed by atoms with Crippen LogP contribution in [0.25, 0.3) is 5.76 Å². The van der Waals surface area contributed by atoms with E-state index in [0.717, 1.165) is 11.1 Å². The Bertz CT molecular complexity index is 1070. The number of likely N-dealkylation sites (tertiary alicyclic amines) is 1. The fourth-order valence-corrected chi connectivity index (χ4v) is 4.23. The Labute approximate surface area is 199 Å². The summed E-state index contributed by atoms with van der Waals surface area (Å²) in [7, 11) is 3.08. The molecule has 7 heteroatoms. The molecule has 1 heterocycles.